The summed E-state index contributed by atoms with van der Waals surface area (Å²) in [6.07, 6.45) is 0. The van der Waals surface area contributed by atoms with E-state index in [0.717, 1.165) is 11.4 Å². The van der Waals surface area contributed by atoms with E-state index < -0.39 is 0 Å². The summed E-state index contributed by atoms with van der Waals surface area (Å²) in [6.45, 7) is 2.16. The van der Waals surface area contributed by atoms with Crippen LogP contribution in [0, 0.1) is 6.92 Å². The number of aryl methyl sites for hydroxylation is 1. The van der Waals surface area contributed by atoms with Gasteiger partial charge in [0.2, 0.25) is 0 Å². The van der Waals surface area contributed by atoms with Gasteiger partial charge in [-0.25, -0.2) is 0 Å². The molecular weight excluding hydrogens is 699 g/mol. The molecule has 9 aromatic rings. The van der Waals surface area contributed by atoms with Crippen molar-refractivity contribution in [3.8, 4) is 55.6 Å². The van der Waals surface area contributed by atoms with Gasteiger partial charge in [0.15, 0.2) is 0 Å². The molecule has 0 atom stereocenters. The summed E-state index contributed by atoms with van der Waals surface area (Å²) < 4.78 is 0. The molecule has 2 aliphatic heterocycles. The summed E-state index contributed by atoms with van der Waals surface area (Å²) in [5.41, 5.74) is 22.0. The van der Waals surface area contributed by atoms with Crippen LogP contribution in [0.3, 0.4) is 0 Å². The SMILES string of the molecule is Cc1cc2c3c(c1)N(c1ccc(-c4ccccc4)cc1)c1ccc(-c4ccccc4)cc1B3N(c1ccc(-c3ccccc3)cc1)c1ccc(-c3ccccc3)cc1-2. The van der Waals surface area contributed by atoms with Gasteiger partial charge in [0.05, 0.1) is 0 Å². The molecule has 0 unspecified atom stereocenters. The molecule has 0 amide bonds. The summed E-state index contributed by atoms with van der Waals surface area (Å²) >= 11 is 0. The van der Waals surface area contributed by atoms with Gasteiger partial charge in [0, 0.05) is 34.0 Å². The van der Waals surface area contributed by atoms with Crippen molar-refractivity contribution in [2.24, 2.45) is 0 Å². The predicted molar refractivity (Wildman–Crippen MR) is 247 cm³/mol. The number of benzene rings is 9. The minimum atomic E-state index is -0.0817. The monoisotopic (exact) mass is 738 g/mol. The van der Waals surface area contributed by atoms with Crippen LogP contribution in [0.15, 0.2) is 218 Å². The highest BCUT2D eigenvalue weighted by molar-refractivity contribution is 6.93. The van der Waals surface area contributed by atoms with Gasteiger partial charge in [-0.05, 0) is 122 Å². The van der Waals surface area contributed by atoms with E-state index in [4.69, 9.17) is 0 Å². The van der Waals surface area contributed by atoms with Crippen molar-refractivity contribution in [3.05, 3.63) is 224 Å². The van der Waals surface area contributed by atoms with Crippen molar-refractivity contribution in [1.29, 1.82) is 0 Å². The lowest BCUT2D eigenvalue weighted by Crippen LogP contribution is -2.61. The summed E-state index contributed by atoms with van der Waals surface area (Å²) in [6, 6.07) is 80.1. The van der Waals surface area contributed by atoms with Crippen LogP contribution in [-0.4, -0.2) is 6.85 Å². The summed E-state index contributed by atoms with van der Waals surface area (Å²) in [7, 11) is 0. The smallest absolute Gasteiger partial charge is 0.333 e. The Balaban J connectivity index is 1.17. The standard InChI is InChI=1S/C55H39BN2/c1-38-34-50-49-36-45(41-18-10-4-11-19-41)26-32-52(49)58(48-30-24-44(25-31-48)40-16-8-3-9-17-40)56-51-37-46(42-20-12-5-13-21-42)27-33-53(51)57(54(35-38)55(50)56)47-28-22-43(23-29-47)39-14-6-2-7-15-39/h2-37H,1H3. The molecule has 2 nitrogen and oxygen atoms in total. The van der Waals surface area contributed by atoms with Crippen molar-refractivity contribution in [2.45, 2.75) is 6.92 Å². The lowest BCUT2D eigenvalue weighted by atomic mass is 9.43. The van der Waals surface area contributed by atoms with E-state index in [1.165, 1.54) is 89.2 Å². The lowest BCUT2D eigenvalue weighted by Gasteiger charge is -2.46. The number of nitrogens with zero attached hydrogens (tertiary/aromatic N) is 2. The van der Waals surface area contributed by atoms with Gasteiger partial charge >= 0.3 is 6.85 Å². The van der Waals surface area contributed by atoms with Gasteiger partial charge in [-0.2, -0.15) is 0 Å². The Morgan fingerprint density at radius 2 is 0.759 bits per heavy atom. The number of hydrogen-bond donors (Lipinski definition) is 0. The summed E-state index contributed by atoms with van der Waals surface area (Å²) in [5, 5.41) is 0. The zero-order chi connectivity index (χ0) is 38.6. The molecule has 0 aliphatic carbocycles. The van der Waals surface area contributed by atoms with E-state index in [1.807, 2.05) is 0 Å². The van der Waals surface area contributed by atoms with Crippen LogP contribution in [0.5, 0.6) is 0 Å². The molecule has 9 aromatic carbocycles. The largest absolute Gasteiger partial charge is 0.376 e. The molecule has 0 saturated carbocycles. The Morgan fingerprint density at radius 3 is 1.29 bits per heavy atom. The quantitative estimate of drug-likeness (QED) is 0.157. The normalized spacial score (nSPS) is 12.5. The van der Waals surface area contributed by atoms with E-state index >= 15 is 0 Å². The van der Waals surface area contributed by atoms with Crippen LogP contribution in [0.4, 0.5) is 28.4 Å². The van der Waals surface area contributed by atoms with Crippen LogP contribution >= 0.6 is 0 Å². The van der Waals surface area contributed by atoms with E-state index in [9.17, 15) is 0 Å². The van der Waals surface area contributed by atoms with E-state index in [1.54, 1.807) is 0 Å². The second kappa shape index (κ2) is 14.0. The zero-order valence-corrected chi connectivity index (χ0v) is 32.3. The van der Waals surface area contributed by atoms with Gasteiger partial charge in [-0.15, -0.1) is 0 Å². The van der Waals surface area contributed by atoms with Crippen molar-refractivity contribution in [3.63, 3.8) is 0 Å². The van der Waals surface area contributed by atoms with Crippen LogP contribution in [0.2, 0.25) is 0 Å². The minimum Gasteiger partial charge on any atom is -0.376 e. The molecule has 0 N–H and O–H groups in total. The second-order valence-electron chi connectivity index (χ2n) is 15.4. The maximum Gasteiger partial charge on any atom is 0.333 e. The first-order valence-electron chi connectivity index (χ1n) is 20.1. The van der Waals surface area contributed by atoms with Crippen molar-refractivity contribution < 1.29 is 0 Å². The molecular formula is C55H39BN2. The van der Waals surface area contributed by atoms with Crippen LogP contribution in [-0.2, 0) is 0 Å². The molecule has 2 heterocycles. The van der Waals surface area contributed by atoms with Crippen LogP contribution < -0.4 is 20.6 Å². The number of fused-ring (bicyclic) bond motifs is 4. The highest BCUT2D eigenvalue weighted by Gasteiger charge is 2.45. The van der Waals surface area contributed by atoms with Gasteiger partial charge in [-0.1, -0.05) is 170 Å². The fraction of sp³-hybridized carbons (Fsp3) is 0.0182. The molecule has 0 spiro atoms. The maximum atomic E-state index is 2.60. The van der Waals surface area contributed by atoms with Gasteiger partial charge in [-0.3, -0.25) is 0 Å². The first kappa shape index (κ1) is 33.9. The van der Waals surface area contributed by atoms with Gasteiger partial charge in [0.1, 0.15) is 0 Å². The number of hydrogen-bond acceptors (Lipinski definition) is 2. The minimum absolute atomic E-state index is 0.0817. The first-order chi connectivity index (χ1) is 28.7. The third-order valence-electron chi connectivity index (χ3n) is 11.9. The van der Waals surface area contributed by atoms with E-state index in [2.05, 4.69) is 235 Å². The molecule has 0 fully saturated rings. The summed E-state index contributed by atoms with van der Waals surface area (Å²) in [5.74, 6) is 0. The molecule has 0 aromatic heterocycles. The van der Waals surface area contributed by atoms with Crippen LogP contribution in [0.1, 0.15) is 5.56 Å². The predicted octanol–water partition coefficient (Wildman–Crippen LogP) is 13.4. The Kier molecular flexibility index (Phi) is 8.18. The van der Waals surface area contributed by atoms with Gasteiger partial charge < -0.3 is 9.71 Å². The Bertz CT molecular complexity index is 2930. The Morgan fingerprint density at radius 1 is 0.328 bits per heavy atom. The lowest BCUT2D eigenvalue weighted by molar-refractivity contribution is 1.26. The molecule has 0 saturated heterocycles. The third kappa shape index (κ3) is 5.74. The second-order valence-corrected chi connectivity index (χ2v) is 15.4. The van der Waals surface area contributed by atoms with E-state index in [-0.39, 0.29) is 6.85 Å². The number of rotatable bonds is 6. The Hall–Kier alpha value is -7.36. The van der Waals surface area contributed by atoms with Crippen molar-refractivity contribution in [2.75, 3.05) is 9.71 Å². The maximum absolute atomic E-state index is 2.60. The molecule has 3 heteroatoms. The van der Waals surface area contributed by atoms with Crippen molar-refractivity contribution in [1.82, 2.24) is 0 Å². The van der Waals surface area contributed by atoms with Crippen LogP contribution in [0.25, 0.3) is 55.6 Å². The average Bonchev–Trinajstić information content (AvgIpc) is 3.30. The fourth-order valence-corrected chi connectivity index (χ4v) is 9.17. The topological polar surface area (TPSA) is 6.48 Å². The number of anilines is 5. The highest BCUT2D eigenvalue weighted by atomic mass is 15.2. The zero-order valence-electron chi connectivity index (χ0n) is 32.3. The molecule has 0 radical (unpaired) electrons. The molecule has 2 aliphatic rings. The molecule has 0 bridgehead atoms. The summed E-state index contributed by atoms with van der Waals surface area (Å²) in [4.78, 5) is 5.10. The van der Waals surface area contributed by atoms with Gasteiger partial charge in [0.25, 0.3) is 0 Å². The highest BCUT2D eigenvalue weighted by Crippen LogP contribution is 2.48. The Labute approximate surface area is 341 Å². The fourth-order valence-electron chi connectivity index (χ4n) is 9.17. The molecule has 58 heavy (non-hydrogen) atoms. The average molecular weight is 739 g/mol. The third-order valence-corrected chi connectivity index (χ3v) is 11.9. The van der Waals surface area contributed by atoms with E-state index in [0.29, 0.717) is 0 Å². The van der Waals surface area contributed by atoms with Crippen molar-refractivity contribution >= 4 is 46.2 Å². The molecule has 272 valence electrons. The molecule has 11 rings (SSSR count). The first-order valence-corrected chi connectivity index (χ1v) is 20.1.